The zero-order valence-corrected chi connectivity index (χ0v) is 17.4. The molecule has 7 nitrogen and oxygen atoms in total. The Labute approximate surface area is 182 Å². The minimum atomic E-state index is -0.846. The Balaban J connectivity index is 1.80. The number of carbonyl (C=O) groups is 2. The molecule has 2 rings (SSSR count). The molecule has 1 unspecified atom stereocenters. The van der Waals surface area contributed by atoms with Crippen molar-refractivity contribution >= 4 is 11.6 Å². The SMILES string of the molecule is C=CC(=O)C(COCCOCCOCCO)Oc1ccc(C(=O)c2ccccc2)cc1. The maximum Gasteiger partial charge on any atom is 0.197 e. The number of benzene rings is 2. The highest BCUT2D eigenvalue weighted by atomic mass is 16.6. The van der Waals surface area contributed by atoms with Crippen molar-refractivity contribution in [3.8, 4) is 5.75 Å². The van der Waals surface area contributed by atoms with Gasteiger partial charge >= 0.3 is 0 Å². The van der Waals surface area contributed by atoms with Crippen LogP contribution in [-0.2, 0) is 19.0 Å². The van der Waals surface area contributed by atoms with E-state index in [0.29, 0.717) is 36.7 Å². The molecule has 0 bridgehead atoms. The molecule has 1 atom stereocenters. The summed E-state index contributed by atoms with van der Waals surface area (Å²) in [6.07, 6.45) is 0.345. The first-order chi connectivity index (χ1) is 15.2. The van der Waals surface area contributed by atoms with Crippen LogP contribution in [0.25, 0.3) is 0 Å². The normalized spacial score (nSPS) is 11.6. The summed E-state index contributed by atoms with van der Waals surface area (Å²) in [6.45, 7) is 5.22. The van der Waals surface area contributed by atoms with Crippen LogP contribution in [0, 0.1) is 0 Å². The molecule has 0 heterocycles. The summed E-state index contributed by atoms with van der Waals surface area (Å²) in [5, 5.41) is 8.60. The Bertz CT molecular complexity index is 802. The number of rotatable bonds is 16. The van der Waals surface area contributed by atoms with Gasteiger partial charge in [0.15, 0.2) is 17.7 Å². The van der Waals surface area contributed by atoms with Gasteiger partial charge in [0.25, 0.3) is 0 Å². The highest BCUT2D eigenvalue weighted by molar-refractivity contribution is 6.09. The topological polar surface area (TPSA) is 91.3 Å². The fraction of sp³-hybridized carbons (Fsp3) is 0.333. The first-order valence-corrected chi connectivity index (χ1v) is 10.0. The third-order valence-electron chi connectivity index (χ3n) is 4.20. The molecule has 0 aliphatic carbocycles. The summed E-state index contributed by atoms with van der Waals surface area (Å²) < 4.78 is 21.6. The number of aliphatic hydroxyl groups is 1. The molecule has 0 aromatic heterocycles. The van der Waals surface area contributed by atoms with Gasteiger partial charge in [-0.2, -0.15) is 0 Å². The molecular weight excluding hydrogens is 400 g/mol. The van der Waals surface area contributed by atoms with Crippen LogP contribution in [0.2, 0.25) is 0 Å². The molecule has 0 radical (unpaired) electrons. The van der Waals surface area contributed by atoms with Gasteiger partial charge in [0, 0.05) is 11.1 Å². The molecular formula is C24H28O7. The van der Waals surface area contributed by atoms with E-state index in [1.54, 1.807) is 36.4 Å². The maximum atomic E-state index is 12.5. The van der Waals surface area contributed by atoms with Gasteiger partial charge < -0.3 is 24.1 Å². The first-order valence-electron chi connectivity index (χ1n) is 10.0. The van der Waals surface area contributed by atoms with Crippen LogP contribution >= 0.6 is 0 Å². The Morgan fingerprint density at radius 1 is 0.839 bits per heavy atom. The lowest BCUT2D eigenvalue weighted by Crippen LogP contribution is -2.31. The molecule has 166 valence electrons. The number of carbonyl (C=O) groups excluding carboxylic acids is 2. The molecule has 2 aromatic rings. The van der Waals surface area contributed by atoms with Crippen molar-refractivity contribution in [1.82, 2.24) is 0 Å². The fourth-order valence-electron chi connectivity index (χ4n) is 2.61. The van der Waals surface area contributed by atoms with Gasteiger partial charge in [0.1, 0.15) is 5.75 Å². The van der Waals surface area contributed by atoms with Gasteiger partial charge in [-0.25, -0.2) is 0 Å². The molecule has 0 spiro atoms. The van der Waals surface area contributed by atoms with Crippen molar-refractivity contribution in [2.24, 2.45) is 0 Å². The van der Waals surface area contributed by atoms with E-state index in [1.807, 2.05) is 18.2 Å². The summed E-state index contributed by atoms with van der Waals surface area (Å²) in [5.74, 6) is 0.0596. The van der Waals surface area contributed by atoms with E-state index in [1.165, 1.54) is 6.08 Å². The van der Waals surface area contributed by atoms with Crippen LogP contribution in [0.15, 0.2) is 67.3 Å². The predicted molar refractivity (Wildman–Crippen MR) is 115 cm³/mol. The minimum Gasteiger partial charge on any atom is -0.480 e. The van der Waals surface area contributed by atoms with Gasteiger partial charge in [-0.05, 0) is 30.3 Å². The molecule has 1 N–H and O–H groups in total. The van der Waals surface area contributed by atoms with E-state index < -0.39 is 6.10 Å². The van der Waals surface area contributed by atoms with Crippen LogP contribution < -0.4 is 4.74 Å². The van der Waals surface area contributed by atoms with Crippen molar-refractivity contribution in [3.05, 3.63) is 78.4 Å². The third-order valence-corrected chi connectivity index (χ3v) is 4.20. The lowest BCUT2D eigenvalue weighted by atomic mass is 10.0. The molecule has 0 fully saturated rings. The van der Waals surface area contributed by atoms with E-state index in [-0.39, 0.29) is 38.0 Å². The van der Waals surface area contributed by atoms with Gasteiger partial charge in [-0.1, -0.05) is 36.9 Å². The number of hydrogen-bond acceptors (Lipinski definition) is 7. The first kappa shape index (κ1) is 24.4. The van der Waals surface area contributed by atoms with Crippen LogP contribution in [0.4, 0.5) is 0 Å². The molecule has 0 aliphatic rings. The average molecular weight is 428 g/mol. The maximum absolute atomic E-state index is 12.5. The van der Waals surface area contributed by atoms with E-state index in [0.717, 1.165) is 0 Å². The zero-order chi connectivity index (χ0) is 22.3. The van der Waals surface area contributed by atoms with Crippen LogP contribution in [0.5, 0.6) is 5.75 Å². The second-order valence-electron chi connectivity index (χ2n) is 6.46. The average Bonchev–Trinajstić information content (AvgIpc) is 2.82. The van der Waals surface area contributed by atoms with Crippen molar-refractivity contribution in [3.63, 3.8) is 0 Å². The van der Waals surface area contributed by atoms with E-state index >= 15 is 0 Å². The fourth-order valence-corrected chi connectivity index (χ4v) is 2.61. The Kier molecular flexibility index (Phi) is 11.2. The number of ketones is 2. The van der Waals surface area contributed by atoms with Gasteiger partial charge in [-0.3, -0.25) is 9.59 Å². The smallest absolute Gasteiger partial charge is 0.197 e. The van der Waals surface area contributed by atoms with Crippen molar-refractivity contribution < 1.29 is 33.6 Å². The van der Waals surface area contributed by atoms with Crippen LogP contribution in [0.1, 0.15) is 15.9 Å². The Morgan fingerprint density at radius 3 is 2.03 bits per heavy atom. The highest BCUT2D eigenvalue weighted by Crippen LogP contribution is 2.17. The van der Waals surface area contributed by atoms with E-state index in [9.17, 15) is 9.59 Å². The molecule has 0 amide bonds. The third kappa shape index (κ3) is 8.82. The predicted octanol–water partition coefficient (Wildman–Crippen LogP) is 2.46. The Hall–Kier alpha value is -2.84. The number of aliphatic hydroxyl groups excluding tert-OH is 1. The largest absolute Gasteiger partial charge is 0.480 e. The van der Waals surface area contributed by atoms with Crippen molar-refractivity contribution in [1.29, 1.82) is 0 Å². The zero-order valence-electron chi connectivity index (χ0n) is 17.4. The summed E-state index contributed by atoms with van der Waals surface area (Å²) in [6, 6.07) is 15.6. The van der Waals surface area contributed by atoms with Crippen LogP contribution in [-0.4, -0.2) is 69.0 Å². The molecule has 31 heavy (non-hydrogen) atoms. The lowest BCUT2D eigenvalue weighted by Gasteiger charge is -2.17. The lowest BCUT2D eigenvalue weighted by molar-refractivity contribution is -0.124. The Morgan fingerprint density at radius 2 is 1.42 bits per heavy atom. The van der Waals surface area contributed by atoms with Crippen molar-refractivity contribution in [2.75, 3.05) is 46.2 Å². The summed E-state index contributed by atoms with van der Waals surface area (Å²) >= 11 is 0. The molecule has 2 aromatic carbocycles. The number of hydrogen-bond donors (Lipinski definition) is 1. The molecule has 0 aliphatic heterocycles. The second-order valence-corrected chi connectivity index (χ2v) is 6.46. The standard InChI is InChI=1S/C24H28O7/c1-2-22(26)23(18-30-17-16-29-15-14-28-13-12-25)31-21-10-8-20(9-11-21)24(27)19-6-4-3-5-7-19/h2-11,23,25H,1,12-18H2. The quantitative estimate of drug-likeness (QED) is 0.249. The minimum absolute atomic E-state index is 0.0199. The van der Waals surface area contributed by atoms with E-state index in [2.05, 4.69) is 6.58 Å². The van der Waals surface area contributed by atoms with Gasteiger partial charge in [-0.15, -0.1) is 0 Å². The number of ether oxygens (including phenoxy) is 4. The van der Waals surface area contributed by atoms with Crippen molar-refractivity contribution in [2.45, 2.75) is 6.10 Å². The van der Waals surface area contributed by atoms with Gasteiger partial charge in [0.2, 0.25) is 0 Å². The van der Waals surface area contributed by atoms with Crippen LogP contribution in [0.3, 0.4) is 0 Å². The highest BCUT2D eigenvalue weighted by Gasteiger charge is 2.18. The monoisotopic (exact) mass is 428 g/mol. The van der Waals surface area contributed by atoms with Gasteiger partial charge in [0.05, 0.1) is 46.2 Å². The summed E-state index contributed by atoms with van der Waals surface area (Å²) in [5.41, 5.74) is 1.13. The summed E-state index contributed by atoms with van der Waals surface area (Å²) in [4.78, 5) is 24.6. The van der Waals surface area contributed by atoms with E-state index in [4.69, 9.17) is 24.1 Å². The second kappa shape index (κ2) is 14.2. The molecule has 0 saturated carbocycles. The summed E-state index contributed by atoms with van der Waals surface area (Å²) in [7, 11) is 0. The molecule has 7 heteroatoms. The molecule has 0 saturated heterocycles.